The lowest BCUT2D eigenvalue weighted by atomic mass is 9.92. The highest BCUT2D eigenvalue weighted by Gasteiger charge is 2.23. The smallest absolute Gasteiger partial charge is 0.144 e. The van der Waals surface area contributed by atoms with Crippen LogP contribution in [0.5, 0.6) is 0 Å². The van der Waals surface area contributed by atoms with Crippen molar-refractivity contribution >= 4 is 33.5 Å². The molecule has 0 aliphatic heterocycles. The molecule has 0 aromatic carbocycles. The molecule has 0 atom stereocenters. The molecule has 108 valence electrons. The van der Waals surface area contributed by atoms with Crippen LogP contribution in [-0.4, -0.2) is 21.8 Å². The maximum absolute atomic E-state index is 4.74. The van der Waals surface area contributed by atoms with Crippen molar-refractivity contribution in [3.05, 3.63) is 16.0 Å². The van der Waals surface area contributed by atoms with Crippen LogP contribution in [0.15, 0.2) is 4.47 Å². The average Bonchev–Trinajstić information content (AvgIpc) is 2.25. The molecule has 0 spiro atoms. The number of hydrogen-bond acceptors (Lipinski definition) is 4. The van der Waals surface area contributed by atoms with E-state index in [1.807, 2.05) is 18.8 Å². The summed E-state index contributed by atoms with van der Waals surface area (Å²) in [7, 11) is 1.89. The highest BCUT2D eigenvalue weighted by Crippen LogP contribution is 2.34. The van der Waals surface area contributed by atoms with Crippen LogP contribution in [0.3, 0.4) is 0 Å². The summed E-state index contributed by atoms with van der Waals surface area (Å²) < 4.78 is 1.19. The number of rotatable bonds is 3. The third kappa shape index (κ3) is 4.95. The highest BCUT2D eigenvalue weighted by molar-refractivity contribution is 9.10. The van der Waals surface area contributed by atoms with Crippen LogP contribution >= 0.6 is 27.7 Å². The van der Waals surface area contributed by atoms with Crippen molar-refractivity contribution in [3.63, 3.8) is 0 Å². The van der Waals surface area contributed by atoms with Crippen LogP contribution in [-0.2, 0) is 11.2 Å². The zero-order chi connectivity index (χ0) is 14.8. The van der Waals surface area contributed by atoms with Gasteiger partial charge >= 0.3 is 0 Å². The maximum Gasteiger partial charge on any atom is 0.144 e. The van der Waals surface area contributed by atoms with Gasteiger partial charge in [-0.2, -0.15) is 0 Å². The Kier molecular flexibility index (Phi) is 5.29. The Balaban J connectivity index is 3.14. The second-order valence-corrected chi connectivity index (χ2v) is 9.15. The molecule has 1 rings (SSSR count). The van der Waals surface area contributed by atoms with Crippen molar-refractivity contribution in [2.45, 2.75) is 57.5 Å². The largest absolute Gasteiger partial charge is 0.372 e. The van der Waals surface area contributed by atoms with Gasteiger partial charge in [0, 0.05) is 17.2 Å². The summed E-state index contributed by atoms with van der Waals surface area (Å²) >= 11 is 5.47. The first-order valence-electron chi connectivity index (χ1n) is 6.43. The van der Waals surface area contributed by atoms with Crippen molar-refractivity contribution in [2.24, 2.45) is 0 Å². The van der Waals surface area contributed by atoms with Crippen molar-refractivity contribution in [1.82, 2.24) is 9.97 Å². The van der Waals surface area contributed by atoms with E-state index < -0.39 is 0 Å². The van der Waals surface area contributed by atoms with Gasteiger partial charge in [0.2, 0.25) is 0 Å². The predicted octanol–water partition coefficient (Wildman–Crippen LogP) is 4.61. The summed E-state index contributed by atoms with van der Waals surface area (Å²) in [6.07, 6.45) is 0. The first-order chi connectivity index (χ1) is 8.54. The first-order valence-corrected chi connectivity index (χ1v) is 8.21. The number of aromatic nitrogens is 2. The second kappa shape index (κ2) is 6.00. The van der Waals surface area contributed by atoms with E-state index >= 15 is 0 Å². The van der Waals surface area contributed by atoms with Crippen LogP contribution in [0.25, 0.3) is 0 Å². The van der Waals surface area contributed by atoms with Crippen molar-refractivity contribution in [2.75, 3.05) is 12.4 Å². The zero-order valence-electron chi connectivity index (χ0n) is 12.9. The molecule has 19 heavy (non-hydrogen) atoms. The summed E-state index contributed by atoms with van der Waals surface area (Å²) in [6, 6.07) is 0. The summed E-state index contributed by atoms with van der Waals surface area (Å²) in [5.74, 6) is 2.58. The maximum atomic E-state index is 4.74. The quantitative estimate of drug-likeness (QED) is 0.867. The standard InChI is InChI=1S/C14H24BrN3S/c1-13(2,3)11-10(15)12(16-7)18-9(17-11)8-19-14(4,5)6/h8H2,1-7H3,(H,16,17,18). The van der Waals surface area contributed by atoms with E-state index in [0.29, 0.717) is 0 Å². The number of nitrogens with zero attached hydrogens (tertiary/aromatic N) is 2. The van der Waals surface area contributed by atoms with Gasteiger partial charge in [-0.15, -0.1) is 11.8 Å². The Hall–Kier alpha value is -0.290. The molecule has 0 radical (unpaired) electrons. The minimum Gasteiger partial charge on any atom is -0.372 e. The highest BCUT2D eigenvalue weighted by atomic mass is 79.9. The van der Waals surface area contributed by atoms with E-state index in [4.69, 9.17) is 4.98 Å². The normalized spacial score (nSPS) is 12.6. The fourth-order valence-corrected chi connectivity index (χ4v) is 3.16. The van der Waals surface area contributed by atoms with E-state index in [9.17, 15) is 0 Å². The van der Waals surface area contributed by atoms with E-state index in [2.05, 4.69) is 67.8 Å². The molecule has 0 aliphatic rings. The molecular weight excluding hydrogens is 322 g/mol. The average molecular weight is 346 g/mol. The second-order valence-electron chi connectivity index (χ2n) is 6.55. The Morgan fingerprint density at radius 1 is 1.11 bits per heavy atom. The summed E-state index contributed by atoms with van der Waals surface area (Å²) in [5.41, 5.74) is 1.05. The molecular formula is C14H24BrN3S. The third-order valence-corrected chi connectivity index (χ3v) is 4.50. The first kappa shape index (κ1) is 16.8. The fourth-order valence-electron chi connectivity index (χ4n) is 1.50. The lowest BCUT2D eigenvalue weighted by Crippen LogP contribution is -2.18. The van der Waals surface area contributed by atoms with E-state index in [1.54, 1.807) is 0 Å². The lowest BCUT2D eigenvalue weighted by Gasteiger charge is -2.22. The van der Waals surface area contributed by atoms with Gasteiger partial charge in [-0.1, -0.05) is 41.5 Å². The molecule has 0 fully saturated rings. The Morgan fingerprint density at radius 3 is 2.11 bits per heavy atom. The van der Waals surface area contributed by atoms with Crippen molar-refractivity contribution in [1.29, 1.82) is 0 Å². The van der Waals surface area contributed by atoms with Crippen LogP contribution in [0.4, 0.5) is 5.82 Å². The SMILES string of the molecule is CNc1nc(CSC(C)(C)C)nc(C(C)(C)C)c1Br. The van der Waals surface area contributed by atoms with Crippen LogP contribution in [0.2, 0.25) is 0 Å². The van der Waals surface area contributed by atoms with Gasteiger partial charge in [0.1, 0.15) is 11.6 Å². The van der Waals surface area contributed by atoms with E-state index in [0.717, 1.165) is 27.6 Å². The molecule has 0 unspecified atom stereocenters. The van der Waals surface area contributed by atoms with Gasteiger partial charge in [0.05, 0.1) is 15.9 Å². The fraction of sp³-hybridized carbons (Fsp3) is 0.714. The Labute approximate surface area is 129 Å². The minimum absolute atomic E-state index is 0.00543. The molecule has 1 aromatic heterocycles. The molecule has 0 bridgehead atoms. The number of hydrogen-bond donors (Lipinski definition) is 1. The number of thioether (sulfide) groups is 1. The Morgan fingerprint density at radius 2 is 1.68 bits per heavy atom. The molecule has 1 N–H and O–H groups in total. The zero-order valence-corrected chi connectivity index (χ0v) is 15.3. The molecule has 1 aromatic rings. The van der Waals surface area contributed by atoms with E-state index in [1.165, 1.54) is 0 Å². The molecule has 0 saturated carbocycles. The molecule has 0 saturated heterocycles. The van der Waals surface area contributed by atoms with Gasteiger partial charge in [0.25, 0.3) is 0 Å². The van der Waals surface area contributed by atoms with Gasteiger partial charge in [-0.3, -0.25) is 0 Å². The van der Waals surface area contributed by atoms with Gasteiger partial charge in [-0.25, -0.2) is 9.97 Å². The molecule has 0 amide bonds. The van der Waals surface area contributed by atoms with Crippen LogP contribution in [0.1, 0.15) is 53.1 Å². The number of anilines is 1. The minimum atomic E-state index is -0.00543. The van der Waals surface area contributed by atoms with Crippen LogP contribution in [0, 0.1) is 0 Å². The number of halogens is 1. The van der Waals surface area contributed by atoms with Crippen molar-refractivity contribution < 1.29 is 0 Å². The molecule has 3 nitrogen and oxygen atoms in total. The topological polar surface area (TPSA) is 37.8 Å². The summed E-state index contributed by atoms with van der Waals surface area (Å²) in [4.78, 5) is 9.31. The predicted molar refractivity (Wildman–Crippen MR) is 89.0 cm³/mol. The van der Waals surface area contributed by atoms with Gasteiger partial charge in [0.15, 0.2) is 0 Å². The van der Waals surface area contributed by atoms with Crippen LogP contribution < -0.4 is 5.32 Å². The lowest BCUT2D eigenvalue weighted by molar-refractivity contribution is 0.560. The van der Waals surface area contributed by atoms with Gasteiger partial charge in [-0.05, 0) is 15.9 Å². The monoisotopic (exact) mass is 345 g/mol. The molecule has 0 aliphatic carbocycles. The van der Waals surface area contributed by atoms with E-state index in [-0.39, 0.29) is 10.2 Å². The van der Waals surface area contributed by atoms with Crippen molar-refractivity contribution in [3.8, 4) is 0 Å². The summed E-state index contributed by atoms with van der Waals surface area (Å²) in [6.45, 7) is 13.1. The third-order valence-electron chi connectivity index (χ3n) is 2.48. The Bertz CT molecular complexity index is 447. The number of nitrogens with one attached hydrogen (secondary N) is 1. The molecule has 5 heteroatoms. The molecule has 1 heterocycles. The van der Waals surface area contributed by atoms with Gasteiger partial charge < -0.3 is 5.32 Å². The summed E-state index contributed by atoms with van der Waals surface area (Å²) in [5, 5.41) is 3.14.